The van der Waals surface area contributed by atoms with Gasteiger partial charge in [-0.15, -0.1) is 0 Å². The molecule has 1 aromatic rings. The molecule has 0 spiro atoms. The molecule has 1 saturated heterocycles. The van der Waals surface area contributed by atoms with E-state index in [0.29, 0.717) is 6.10 Å². The molecule has 2 rings (SSSR count). The lowest BCUT2D eigenvalue weighted by atomic mass is 10.1. The van der Waals surface area contributed by atoms with E-state index in [4.69, 9.17) is 16.3 Å². The molecule has 0 unspecified atom stereocenters. The van der Waals surface area contributed by atoms with E-state index in [1.165, 1.54) is 0 Å². The highest BCUT2D eigenvalue weighted by molar-refractivity contribution is 9.09. The maximum absolute atomic E-state index is 6.29. The van der Waals surface area contributed by atoms with Gasteiger partial charge >= 0.3 is 0 Å². The Kier molecular flexibility index (Phi) is 5.69. The van der Waals surface area contributed by atoms with E-state index in [2.05, 4.69) is 25.9 Å². The highest BCUT2D eigenvalue weighted by atomic mass is 79.9. The van der Waals surface area contributed by atoms with Crippen LogP contribution in [0.3, 0.4) is 0 Å². The first-order valence-corrected chi connectivity index (χ1v) is 8.19. The molecule has 0 radical (unpaired) electrons. The summed E-state index contributed by atoms with van der Waals surface area (Å²) in [6.45, 7) is 5.76. The van der Waals surface area contributed by atoms with Gasteiger partial charge in [-0.2, -0.15) is 5.10 Å². The Morgan fingerprint density at radius 2 is 2.11 bits per heavy atom. The van der Waals surface area contributed by atoms with Gasteiger partial charge in [0.1, 0.15) is 0 Å². The molecule has 0 saturated carbocycles. The average molecular weight is 351 g/mol. The highest BCUT2D eigenvalue weighted by Gasteiger charge is 2.21. The zero-order chi connectivity index (χ0) is 13.8. The summed E-state index contributed by atoms with van der Waals surface area (Å²) < 4.78 is 7.66. The summed E-state index contributed by atoms with van der Waals surface area (Å²) in [7, 11) is 1.96. The smallest absolute Gasteiger partial charge is 0.0860 e. The summed E-state index contributed by atoms with van der Waals surface area (Å²) in [4.78, 5) is 2.43. The number of aromatic nitrogens is 2. The van der Waals surface area contributed by atoms with E-state index in [1.54, 1.807) is 0 Å². The third kappa shape index (κ3) is 3.94. The van der Waals surface area contributed by atoms with Crippen molar-refractivity contribution in [3.8, 4) is 0 Å². The molecular weight excluding hydrogens is 330 g/mol. The first-order valence-electron chi connectivity index (χ1n) is 6.69. The number of ether oxygens (including phenoxy) is 1. The molecule has 4 nitrogen and oxygen atoms in total. The van der Waals surface area contributed by atoms with Gasteiger partial charge in [0, 0.05) is 32.0 Å². The molecule has 2 heterocycles. The monoisotopic (exact) mass is 349 g/mol. The van der Waals surface area contributed by atoms with Crippen LogP contribution in [0.2, 0.25) is 5.02 Å². The van der Waals surface area contributed by atoms with Gasteiger partial charge in [0.25, 0.3) is 0 Å². The summed E-state index contributed by atoms with van der Waals surface area (Å²) in [5.41, 5.74) is 2.02. The van der Waals surface area contributed by atoms with Gasteiger partial charge in [0.05, 0.1) is 29.1 Å². The third-order valence-electron chi connectivity index (χ3n) is 3.60. The number of halogens is 2. The molecule has 0 aliphatic carbocycles. The van der Waals surface area contributed by atoms with E-state index in [9.17, 15) is 0 Å². The topological polar surface area (TPSA) is 30.3 Å². The number of alkyl halides is 1. The van der Waals surface area contributed by atoms with Gasteiger partial charge < -0.3 is 4.74 Å². The number of hydrogen-bond acceptors (Lipinski definition) is 3. The second-order valence-electron chi connectivity index (χ2n) is 5.00. The van der Waals surface area contributed by atoms with E-state index >= 15 is 0 Å². The van der Waals surface area contributed by atoms with Crippen molar-refractivity contribution in [1.29, 1.82) is 0 Å². The van der Waals surface area contributed by atoms with Crippen LogP contribution in [-0.2, 0) is 18.3 Å². The molecule has 0 aromatic carbocycles. The minimum Gasteiger partial charge on any atom is -0.377 e. The first-order chi connectivity index (χ1) is 9.11. The number of likely N-dealkylation sites (tertiary alicyclic amines) is 1. The Morgan fingerprint density at radius 3 is 2.63 bits per heavy atom. The van der Waals surface area contributed by atoms with Crippen LogP contribution in [0.4, 0.5) is 0 Å². The van der Waals surface area contributed by atoms with Gasteiger partial charge in [-0.3, -0.25) is 9.58 Å². The number of piperidine rings is 1. The van der Waals surface area contributed by atoms with E-state index in [1.807, 2.05) is 18.7 Å². The normalized spacial score (nSPS) is 18.1. The summed E-state index contributed by atoms with van der Waals surface area (Å²) in [5, 5.41) is 6.08. The summed E-state index contributed by atoms with van der Waals surface area (Å²) in [6.07, 6.45) is 2.61. The minimum atomic E-state index is 0.414. The Balaban J connectivity index is 1.85. The molecule has 1 aliphatic rings. The fourth-order valence-corrected chi connectivity index (χ4v) is 2.92. The van der Waals surface area contributed by atoms with Crippen LogP contribution in [0, 0.1) is 6.92 Å². The van der Waals surface area contributed by atoms with Gasteiger partial charge in [-0.05, 0) is 19.8 Å². The molecule has 6 heteroatoms. The largest absolute Gasteiger partial charge is 0.377 e. The van der Waals surface area contributed by atoms with Gasteiger partial charge in [-0.25, -0.2) is 0 Å². The Labute approximate surface area is 128 Å². The summed E-state index contributed by atoms with van der Waals surface area (Å²) >= 11 is 9.68. The van der Waals surface area contributed by atoms with Crippen molar-refractivity contribution in [3.63, 3.8) is 0 Å². The molecule has 0 N–H and O–H groups in total. The number of rotatable bonds is 5. The fraction of sp³-hybridized carbons (Fsp3) is 0.769. The SMILES string of the molecule is Cc1nn(C)c(CN2CCC(OCCBr)CC2)c1Cl. The summed E-state index contributed by atoms with van der Waals surface area (Å²) in [6, 6.07) is 0. The quantitative estimate of drug-likeness (QED) is 0.765. The summed E-state index contributed by atoms with van der Waals surface area (Å²) in [5.74, 6) is 0. The van der Waals surface area contributed by atoms with Crippen LogP contribution in [0.5, 0.6) is 0 Å². The lowest BCUT2D eigenvalue weighted by Crippen LogP contribution is -2.37. The standard InChI is InChI=1S/C13H21BrClN3O/c1-10-13(15)12(17(2)16-10)9-18-6-3-11(4-7-18)19-8-5-14/h11H,3-9H2,1-2H3. The van der Waals surface area contributed by atoms with Crippen LogP contribution >= 0.6 is 27.5 Å². The number of nitrogens with zero attached hydrogens (tertiary/aromatic N) is 3. The maximum atomic E-state index is 6.29. The first kappa shape index (κ1) is 15.3. The lowest BCUT2D eigenvalue weighted by molar-refractivity contribution is 0.0137. The lowest BCUT2D eigenvalue weighted by Gasteiger charge is -2.31. The van der Waals surface area contributed by atoms with Crippen LogP contribution in [0.15, 0.2) is 0 Å². The van der Waals surface area contributed by atoms with Gasteiger partial charge in [0.15, 0.2) is 0 Å². The minimum absolute atomic E-state index is 0.414. The maximum Gasteiger partial charge on any atom is 0.0860 e. The number of aryl methyl sites for hydroxylation is 2. The van der Waals surface area contributed by atoms with Crippen LogP contribution in [0.25, 0.3) is 0 Å². The fourth-order valence-electron chi connectivity index (χ4n) is 2.51. The molecule has 1 aromatic heterocycles. The highest BCUT2D eigenvalue weighted by Crippen LogP contribution is 2.23. The van der Waals surface area contributed by atoms with Crippen LogP contribution < -0.4 is 0 Å². The zero-order valence-corrected chi connectivity index (χ0v) is 13.9. The Bertz CT molecular complexity index is 416. The van der Waals surface area contributed by atoms with Gasteiger partial charge in [0.2, 0.25) is 0 Å². The second-order valence-corrected chi connectivity index (χ2v) is 6.18. The Morgan fingerprint density at radius 1 is 1.42 bits per heavy atom. The van der Waals surface area contributed by atoms with E-state index < -0.39 is 0 Å². The van der Waals surface area contributed by atoms with Crippen molar-refractivity contribution in [3.05, 3.63) is 16.4 Å². The van der Waals surface area contributed by atoms with Crippen LogP contribution in [-0.4, -0.2) is 45.8 Å². The third-order valence-corrected chi connectivity index (χ3v) is 4.42. The van der Waals surface area contributed by atoms with Crippen molar-refractivity contribution < 1.29 is 4.74 Å². The predicted molar refractivity (Wildman–Crippen MR) is 81.0 cm³/mol. The van der Waals surface area contributed by atoms with Gasteiger partial charge in [-0.1, -0.05) is 27.5 Å². The van der Waals surface area contributed by atoms with Crippen molar-refractivity contribution in [1.82, 2.24) is 14.7 Å². The molecule has 0 amide bonds. The van der Waals surface area contributed by atoms with Crippen molar-refractivity contribution in [2.75, 3.05) is 25.0 Å². The Hall–Kier alpha value is -0.100. The molecule has 108 valence electrons. The van der Waals surface area contributed by atoms with Crippen molar-refractivity contribution in [2.24, 2.45) is 7.05 Å². The molecule has 1 fully saturated rings. The molecule has 1 aliphatic heterocycles. The molecular formula is C13H21BrClN3O. The van der Waals surface area contributed by atoms with E-state index in [0.717, 1.165) is 60.8 Å². The molecule has 0 atom stereocenters. The predicted octanol–water partition coefficient (Wildman–Crippen LogP) is 2.76. The average Bonchev–Trinajstić information content (AvgIpc) is 2.64. The van der Waals surface area contributed by atoms with Crippen molar-refractivity contribution in [2.45, 2.75) is 32.4 Å². The van der Waals surface area contributed by atoms with Crippen LogP contribution in [0.1, 0.15) is 24.2 Å². The zero-order valence-electron chi connectivity index (χ0n) is 11.5. The van der Waals surface area contributed by atoms with Crippen molar-refractivity contribution >= 4 is 27.5 Å². The number of hydrogen-bond donors (Lipinski definition) is 0. The molecule has 19 heavy (non-hydrogen) atoms. The second kappa shape index (κ2) is 7.07. The van der Waals surface area contributed by atoms with E-state index in [-0.39, 0.29) is 0 Å². The molecule has 0 bridgehead atoms.